The molecule has 0 aliphatic rings. The van der Waals surface area contributed by atoms with E-state index in [4.69, 9.17) is 5.73 Å². The molecule has 2 aromatic carbocycles. The molecule has 0 saturated carbocycles. The normalized spacial score (nSPS) is 10.5. The van der Waals surface area contributed by atoms with Crippen LogP contribution in [0.1, 0.15) is 5.56 Å². The highest BCUT2D eigenvalue weighted by Crippen LogP contribution is 2.23. The first-order valence-electron chi connectivity index (χ1n) is 6.50. The molecule has 104 valence electrons. The van der Waals surface area contributed by atoms with Crippen molar-refractivity contribution in [3.8, 4) is 28.5 Å². The molecular formula is C16H14N4O. The minimum atomic E-state index is 0.152. The number of phenols is 1. The van der Waals surface area contributed by atoms with Crippen LogP contribution in [0.25, 0.3) is 22.8 Å². The van der Waals surface area contributed by atoms with Crippen molar-refractivity contribution in [1.29, 1.82) is 0 Å². The summed E-state index contributed by atoms with van der Waals surface area (Å²) in [7, 11) is 0. The van der Waals surface area contributed by atoms with Crippen molar-refractivity contribution in [2.75, 3.05) is 5.73 Å². The molecule has 0 aliphatic carbocycles. The van der Waals surface area contributed by atoms with Crippen LogP contribution < -0.4 is 5.73 Å². The van der Waals surface area contributed by atoms with Crippen LogP contribution in [0.5, 0.6) is 5.75 Å². The van der Waals surface area contributed by atoms with Crippen LogP contribution in [-0.4, -0.2) is 20.1 Å². The Balaban J connectivity index is 2.10. The number of rotatable bonds is 2. The van der Waals surface area contributed by atoms with E-state index < -0.39 is 0 Å². The monoisotopic (exact) mass is 278 g/mol. The molecule has 5 heteroatoms. The van der Waals surface area contributed by atoms with E-state index in [1.54, 1.807) is 18.2 Å². The van der Waals surface area contributed by atoms with Gasteiger partial charge in [-0.25, -0.2) is 4.98 Å². The predicted octanol–water partition coefficient (Wildman–Crippen LogP) is 2.80. The zero-order valence-electron chi connectivity index (χ0n) is 11.5. The Kier molecular flexibility index (Phi) is 3.23. The van der Waals surface area contributed by atoms with E-state index >= 15 is 0 Å². The first-order valence-corrected chi connectivity index (χ1v) is 6.50. The highest BCUT2D eigenvalue weighted by atomic mass is 16.3. The van der Waals surface area contributed by atoms with Crippen LogP contribution in [-0.2, 0) is 0 Å². The van der Waals surface area contributed by atoms with Gasteiger partial charge in [-0.2, -0.15) is 9.97 Å². The molecule has 0 spiro atoms. The molecule has 5 nitrogen and oxygen atoms in total. The first kappa shape index (κ1) is 13.1. The van der Waals surface area contributed by atoms with E-state index in [1.807, 2.05) is 37.3 Å². The molecule has 0 amide bonds. The summed E-state index contributed by atoms with van der Waals surface area (Å²) < 4.78 is 0. The standard InChI is InChI=1S/C16H14N4O/c1-10-5-7-11(8-6-10)14-18-15(20-16(17)19-14)12-3-2-4-13(21)9-12/h2-9,21H,1H3,(H2,17,18,19,20). The molecule has 0 saturated heterocycles. The second-order valence-corrected chi connectivity index (χ2v) is 4.76. The second kappa shape index (κ2) is 5.20. The van der Waals surface area contributed by atoms with E-state index in [1.165, 1.54) is 0 Å². The quantitative estimate of drug-likeness (QED) is 0.753. The van der Waals surface area contributed by atoms with Crippen LogP contribution in [0.3, 0.4) is 0 Å². The molecule has 0 aliphatic heterocycles. The number of hydrogen-bond acceptors (Lipinski definition) is 5. The number of hydrogen-bond donors (Lipinski definition) is 2. The summed E-state index contributed by atoms with van der Waals surface area (Å²) in [6, 6.07) is 14.6. The van der Waals surface area contributed by atoms with E-state index in [2.05, 4.69) is 15.0 Å². The molecule has 1 heterocycles. The van der Waals surface area contributed by atoms with Gasteiger partial charge in [0.2, 0.25) is 5.95 Å². The maximum atomic E-state index is 9.56. The number of aryl methyl sites for hydroxylation is 1. The summed E-state index contributed by atoms with van der Waals surface area (Å²) in [5.41, 5.74) is 8.50. The maximum absolute atomic E-state index is 9.56. The Morgan fingerprint density at radius 1 is 0.857 bits per heavy atom. The molecule has 3 N–H and O–H groups in total. The largest absolute Gasteiger partial charge is 0.508 e. The predicted molar refractivity (Wildman–Crippen MR) is 81.5 cm³/mol. The Hall–Kier alpha value is -2.95. The SMILES string of the molecule is Cc1ccc(-c2nc(N)nc(-c3cccc(O)c3)n2)cc1. The summed E-state index contributed by atoms with van der Waals surface area (Å²) in [5, 5.41) is 9.56. The van der Waals surface area contributed by atoms with Crippen LogP contribution in [0.15, 0.2) is 48.5 Å². The summed E-state index contributed by atoms with van der Waals surface area (Å²) >= 11 is 0. The van der Waals surface area contributed by atoms with E-state index in [9.17, 15) is 5.11 Å². The lowest BCUT2D eigenvalue weighted by Crippen LogP contribution is -2.02. The van der Waals surface area contributed by atoms with Gasteiger partial charge in [0.1, 0.15) is 5.75 Å². The average Bonchev–Trinajstić information content (AvgIpc) is 2.47. The van der Waals surface area contributed by atoms with Gasteiger partial charge in [-0.05, 0) is 19.1 Å². The van der Waals surface area contributed by atoms with Gasteiger partial charge in [-0.3, -0.25) is 0 Å². The van der Waals surface area contributed by atoms with Gasteiger partial charge in [0.15, 0.2) is 11.6 Å². The smallest absolute Gasteiger partial charge is 0.224 e. The van der Waals surface area contributed by atoms with Crippen molar-refractivity contribution in [3.05, 3.63) is 54.1 Å². The van der Waals surface area contributed by atoms with Crippen LogP contribution >= 0.6 is 0 Å². The van der Waals surface area contributed by atoms with Crippen molar-refractivity contribution in [3.63, 3.8) is 0 Å². The van der Waals surface area contributed by atoms with Crippen LogP contribution in [0.2, 0.25) is 0 Å². The molecule has 1 aromatic heterocycles. The molecule has 0 fully saturated rings. The third-order valence-electron chi connectivity index (χ3n) is 3.07. The molecule has 3 aromatic rings. The lowest BCUT2D eigenvalue weighted by atomic mass is 10.1. The fraction of sp³-hybridized carbons (Fsp3) is 0.0625. The number of aromatic hydroxyl groups is 1. The second-order valence-electron chi connectivity index (χ2n) is 4.76. The minimum Gasteiger partial charge on any atom is -0.508 e. The number of benzene rings is 2. The number of nitrogens with two attached hydrogens (primary N) is 1. The zero-order chi connectivity index (χ0) is 14.8. The van der Waals surface area contributed by atoms with Crippen LogP contribution in [0, 0.1) is 6.92 Å². The van der Waals surface area contributed by atoms with Gasteiger partial charge in [-0.1, -0.05) is 42.0 Å². The average molecular weight is 278 g/mol. The lowest BCUT2D eigenvalue weighted by molar-refractivity contribution is 0.475. The molecule has 21 heavy (non-hydrogen) atoms. The number of anilines is 1. The van der Waals surface area contributed by atoms with Gasteiger partial charge in [0, 0.05) is 11.1 Å². The first-order chi connectivity index (χ1) is 10.1. The summed E-state index contributed by atoms with van der Waals surface area (Å²) in [6.07, 6.45) is 0. The van der Waals surface area contributed by atoms with E-state index in [0.717, 1.165) is 11.1 Å². The molecule has 3 rings (SSSR count). The third kappa shape index (κ3) is 2.81. The number of aromatic nitrogens is 3. The Morgan fingerprint density at radius 2 is 1.52 bits per heavy atom. The Bertz CT molecular complexity index is 785. The highest BCUT2D eigenvalue weighted by Gasteiger charge is 2.09. The summed E-state index contributed by atoms with van der Waals surface area (Å²) in [5.74, 6) is 1.26. The highest BCUT2D eigenvalue weighted by molar-refractivity contribution is 5.63. The van der Waals surface area contributed by atoms with Gasteiger partial charge >= 0.3 is 0 Å². The third-order valence-corrected chi connectivity index (χ3v) is 3.07. The van der Waals surface area contributed by atoms with Crippen molar-refractivity contribution in [1.82, 2.24) is 15.0 Å². The molecule has 0 radical (unpaired) electrons. The molecule has 0 unspecified atom stereocenters. The van der Waals surface area contributed by atoms with Gasteiger partial charge in [-0.15, -0.1) is 0 Å². The summed E-state index contributed by atoms with van der Waals surface area (Å²) in [6.45, 7) is 2.02. The fourth-order valence-electron chi connectivity index (χ4n) is 2.00. The van der Waals surface area contributed by atoms with Crippen molar-refractivity contribution < 1.29 is 5.11 Å². The fourth-order valence-corrected chi connectivity index (χ4v) is 2.00. The maximum Gasteiger partial charge on any atom is 0.224 e. The molecule has 0 atom stereocenters. The van der Waals surface area contributed by atoms with Crippen molar-refractivity contribution >= 4 is 5.95 Å². The Labute approximate surface area is 122 Å². The van der Waals surface area contributed by atoms with Crippen molar-refractivity contribution in [2.24, 2.45) is 0 Å². The van der Waals surface area contributed by atoms with Gasteiger partial charge in [0.05, 0.1) is 0 Å². The van der Waals surface area contributed by atoms with E-state index in [0.29, 0.717) is 17.2 Å². The molecule has 0 bridgehead atoms. The Morgan fingerprint density at radius 3 is 2.19 bits per heavy atom. The van der Waals surface area contributed by atoms with Gasteiger partial charge < -0.3 is 10.8 Å². The lowest BCUT2D eigenvalue weighted by Gasteiger charge is -2.06. The van der Waals surface area contributed by atoms with Crippen molar-refractivity contribution in [2.45, 2.75) is 6.92 Å². The van der Waals surface area contributed by atoms with Gasteiger partial charge in [0.25, 0.3) is 0 Å². The minimum absolute atomic E-state index is 0.152. The number of phenolic OH excluding ortho intramolecular Hbond substituents is 1. The number of nitrogen functional groups attached to an aromatic ring is 1. The zero-order valence-corrected chi connectivity index (χ0v) is 11.5. The molecular weight excluding hydrogens is 264 g/mol. The van der Waals surface area contributed by atoms with E-state index in [-0.39, 0.29) is 11.7 Å². The summed E-state index contributed by atoms with van der Waals surface area (Å²) in [4.78, 5) is 12.7. The topological polar surface area (TPSA) is 84.9 Å². The number of nitrogens with zero attached hydrogens (tertiary/aromatic N) is 3. The van der Waals surface area contributed by atoms with Crippen LogP contribution in [0.4, 0.5) is 5.95 Å².